The third kappa shape index (κ3) is 3.51. The van der Waals surface area contributed by atoms with Crippen LogP contribution in [0.4, 0.5) is 5.69 Å². The van der Waals surface area contributed by atoms with Crippen LogP contribution in [0, 0.1) is 27.7 Å². The van der Waals surface area contributed by atoms with Gasteiger partial charge in [0.05, 0.1) is 5.69 Å². The number of rotatable bonds is 3. The lowest BCUT2D eigenvalue weighted by Gasteiger charge is -2.11. The highest BCUT2D eigenvalue weighted by Gasteiger charge is 2.10. The van der Waals surface area contributed by atoms with E-state index >= 15 is 0 Å². The quantitative estimate of drug-likeness (QED) is 0.479. The van der Waals surface area contributed by atoms with Crippen LogP contribution in [0.1, 0.15) is 28.1 Å². The molecule has 2 aromatic carbocycles. The van der Waals surface area contributed by atoms with Gasteiger partial charge in [-0.3, -0.25) is 4.99 Å². The van der Waals surface area contributed by atoms with Crippen molar-refractivity contribution in [3.05, 3.63) is 81.1 Å². The van der Waals surface area contributed by atoms with Crippen LogP contribution < -0.4 is 0 Å². The molecule has 3 rings (SSSR count). The van der Waals surface area contributed by atoms with E-state index in [-0.39, 0.29) is 0 Å². The molecule has 0 aliphatic carbocycles. The van der Waals surface area contributed by atoms with E-state index in [1.165, 1.54) is 28.2 Å². The Balaban J connectivity index is 1.98. The largest absolute Gasteiger partial charge is 0.318 e. The number of halogens is 1. The molecule has 1 heterocycles. The number of hydrogen-bond donors (Lipinski definition) is 0. The van der Waals surface area contributed by atoms with Gasteiger partial charge in [0.2, 0.25) is 0 Å². The van der Waals surface area contributed by atoms with Crippen LogP contribution >= 0.6 is 15.9 Å². The Morgan fingerprint density at radius 1 is 0.875 bits per heavy atom. The van der Waals surface area contributed by atoms with E-state index in [0.717, 1.165) is 15.7 Å². The molecule has 0 unspecified atom stereocenters. The van der Waals surface area contributed by atoms with E-state index in [0.29, 0.717) is 0 Å². The monoisotopic (exact) mass is 380 g/mol. The molecule has 24 heavy (non-hydrogen) atoms. The van der Waals surface area contributed by atoms with Crippen molar-refractivity contribution < 1.29 is 0 Å². The average Bonchev–Trinajstić information content (AvgIpc) is 2.80. The van der Waals surface area contributed by atoms with Crippen molar-refractivity contribution in [3.63, 3.8) is 0 Å². The second-order valence-corrected chi connectivity index (χ2v) is 7.16. The highest BCUT2D eigenvalue weighted by molar-refractivity contribution is 9.10. The number of aryl methyl sites for hydroxylation is 3. The molecule has 0 spiro atoms. The Hall–Kier alpha value is -2.13. The fraction of sp³-hybridized carbons (Fsp3) is 0.190. The summed E-state index contributed by atoms with van der Waals surface area (Å²) < 4.78 is 3.36. The van der Waals surface area contributed by atoms with Crippen LogP contribution in [-0.2, 0) is 0 Å². The first-order valence-electron chi connectivity index (χ1n) is 8.01. The second kappa shape index (κ2) is 6.78. The number of aromatic nitrogens is 1. The van der Waals surface area contributed by atoms with E-state index < -0.39 is 0 Å². The lowest BCUT2D eigenvalue weighted by atomic mass is 10.1. The van der Waals surface area contributed by atoms with Crippen LogP contribution in [0.5, 0.6) is 0 Å². The summed E-state index contributed by atoms with van der Waals surface area (Å²) in [5, 5.41) is 0. The summed E-state index contributed by atoms with van der Waals surface area (Å²) in [5.74, 6) is 0. The van der Waals surface area contributed by atoms with Gasteiger partial charge < -0.3 is 4.57 Å². The maximum atomic E-state index is 4.60. The van der Waals surface area contributed by atoms with Gasteiger partial charge in [-0.15, -0.1) is 0 Å². The Labute approximate surface area is 152 Å². The number of benzene rings is 2. The fourth-order valence-electron chi connectivity index (χ4n) is 3.07. The zero-order valence-corrected chi connectivity index (χ0v) is 16.1. The van der Waals surface area contributed by atoms with Crippen LogP contribution in [0.25, 0.3) is 5.69 Å². The lowest BCUT2D eigenvalue weighted by molar-refractivity contribution is 0.960. The van der Waals surface area contributed by atoms with E-state index in [9.17, 15) is 0 Å². The maximum Gasteiger partial charge on any atom is 0.0630 e. The molecule has 3 aromatic rings. The molecular formula is C21H21BrN2. The normalized spacial score (nSPS) is 11.4. The van der Waals surface area contributed by atoms with Gasteiger partial charge in [-0.2, -0.15) is 0 Å². The molecule has 0 fully saturated rings. The first kappa shape index (κ1) is 16.7. The zero-order chi connectivity index (χ0) is 17.3. The van der Waals surface area contributed by atoms with Crippen molar-refractivity contribution in [1.82, 2.24) is 4.57 Å². The third-order valence-electron chi connectivity index (χ3n) is 4.11. The Morgan fingerprint density at radius 3 is 2.12 bits per heavy atom. The zero-order valence-electron chi connectivity index (χ0n) is 14.5. The number of nitrogens with zero attached hydrogens (tertiary/aromatic N) is 2. The second-order valence-electron chi connectivity index (χ2n) is 6.24. The fourth-order valence-corrected chi connectivity index (χ4v) is 3.33. The van der Waals surface area contributed by atoms with Gasteiger partial charge in [-0.25, -0.2) is 0 Å². The predicted molar refractivity (Wildman–Crippen MR) is 106 cm³/mol. The van der Waals surface area contributed by atoms with Crippen molar-refractivity contribution in [1.29, 1.82) is 0 Å². The summed E-state index contributed by atoms with van der Waals surface area (Å²) in [6.07, 6.45) is 1.95. The van der Waals surface area contributed by atoms with Gasteiger partial charge in [-0.05, 0) is 81.3 Å². The maximum absolute atomic E-state index is 4.60. The summed E-state index contributed by atoms with van der Waals surface area (Å²) in [4.78, 5) is 4.60. The molecular weight excluding hydrogens is 360 g/mol. The van der Waals surface area contributed by atoms with E-state index in [1.807, 2.05) is 30.5 Å². The van der Waals surface area contributed by atoms with Crippen LogP contribution in [0.15, 0.2) is 58.0 Å². The first-order valence-corrected chi connectivity index (χ1v) is 8.80. The van der Waals surface area contributed by atoms with Crippen molar-refractivity contribution in [2.45, 2.75) is 27.7 Å². The van der Waals surface area contributed by atoms with E-state index in [1.54, 1.807) is 0 Å². The molecule has 2 nitrogen and oxygen atoms in total. The molecule has 0 aliphatic rings. The van der Waals surface area contributed by atoms with Crippen molar-refractivity contribution in [2.24, 2.45) is 4.99 Å². The SMILES string of the molecule is Cc1cc(C)cc(-n2c(C)cc(C=Nc3ccc(Br)cc3)c2C)c1. The molecule has 0 N–H and O–H groups in total. The van der Waals surface area contributed by atoms with Gasteiger partial charge in [-0.1, -0.05) is 22.0 Å². The number of hydrogen-bond acceptors (Lipinski definition) is 1. The lowest BCUT2D eigenvalue weighted by Crippen LogP contribution is -2.00. The van der Waals surface area contributed by atoms with Crippen LogP contribution in [0.2, 0.25) is 0 Å². The highest BCUT2D eigenvalue weighted by Crippen LogP contribution is 2.23. The van der Waals surface area contributed by atoms with Crippen LogP contribution in [0.3, 0.4) is 0 Å². The number of aliphatic imine (C=N–C) groups is 1. The van der Waals surface area contributed by atoms with Gasteiger partial charge in [0.1, 0.15) is 0 Å². The summed E-state index contributed by atoms with van der Waals surface area (Å²) >= 11 is 3.45. The molecule has 3 heteroatoms. The molecule has 122 valence electrons. The Bertz CT molecular complexity index is 882. The summed E-state index contributed by atoms with van der Waals surface area (Å²) in [7, 11) is 0. The molecule has 0 radical (unpaired) electrons. The van der Waals surface area contributed by atoms with Gasteiger partial charge in [0.15, 0.2) is 0 Å². The highest BCUT2D eigenvalue weighted by atomic mass is 79.9. The van der Waals surface area contributed by atoms with Gasteiger partial charge in [0, 0.05) is 33.3 Å². The minimum absolute atomic E-state index is 0.953. The van der Waals surface area contributed by atoms with E-state index in [2.05, 4.69) is 77.4 Å². The molecule has 1 aromatic heterocycles. The van der Waals surface area contributed by atoms with Gasteiger partial charge in [0.25, 0.3) is 0 Å². The molecule has 0 aliphatic heterocycles. The van der Waals surface area contributed by atoms with Crippen molar-refractivity contribution in [3.8, 4) is 5.69 Å². The van der Waals surface area contributed by atoms with Crippen LogP contribution in [-0.4, -0.2) is 10.8 Å². The summed E-state index contributed by atoms with van der Waals surface area (Å²) in [6.45, 7) is 8.57. The molecule has 0 atom stereocenters. The van der Waals surface area contributed by atoms with Crippen molar-refractivity contribution in [2.75, 3.05) is 0 Å². The molecule has 0 bridgehead atoms. The first-order chi connectivity index (χ1) is 11.4. The Kier molecular flexibility index (Phi) is 4.72. The van der Waals surface area contributed by atoms with E-state index in [4.69, 9.17) is 0 Å². The Morgan fingerprint density at radius 2 is 1.50 bits per heavy atom. The minimum atomic E-state index is 0.953. The van der Waals surface area contributed by atoms with Gasteiger partial charge >= 0.3 is 0 Å². The summed E-state index contributed by atoms with van der Waals surface area (Å²) in [5.41, 5.74) is 8.30. The molecule has 0 saturated carbocycles. The smallest absolute Gasteiger partial charge is 0.0630 e. The minimum Gasteiger partial charge on any atom is -0.318 e. The molecule has 0 saturated heterocycles. The standard InChI is InChI=1S/C21H21BrN2/c1-14-9-15(2)11-21(10-14)24-16(3)12-18(17(24)4)13-23-20-7-5-19(22)6-8-20/h5-13H,1-4H3. The molecule has 0 amide bonds. The summed E-state index contributed by atoms with van der Waals surface area (Å²) in [6, 6.07) is 16.9. The average molecular weight is 381 g/mol. The third-order valence-corrected chi connectivity index (χ3v) is 4.64. The van der Waals surface area contributed by atoms with Crippen molar-refractivity contribution >= 4 is 27.8 Å². The topological polar surface area (TPSA) is 17.3 Å². The predicted octanol–water partition coefficient (Wildman–Crippen LogP) is 6.22.